The molecule has 2 N–H and O–H groups in total. The second kappa shape index (κ2) is 17.3. The van der Waals surface area contributed by atoms with Crippen LogP contribution in [0.4, 0.5) is 4.79 Å². The first-order valence-electron chi connectivity index (χ1n) is 17.9. The number of hydrogen-bond acceptors (Lipinski definition) is 10. The fraction of sp³-hybridized carbons (Fsp3) is 0.583. The van der Waals surface area contributed by atoms with Crippen molar-refractivity contribution in [2.75, 3.05) is 59.1 Å². The van der Waals surface area contributed by atoms with Gasteiger partial charge < -0.3 is 39.5 Å². The van der Waals surface area contributed by atoms with E-state index in [9.17, 15) is 28.8 Å². The van der Waals surface area contributed by atoms with Gasteiger partial charge in [0.15, 0.2) is 6.61 Å². The molecule has 5 amide bonds. The maximum atomic E-state index is 13.8. The maximum absolute atomic E-state index is 13.8. The highest BCUT2D eigenvalue weighted by Crippen LogP contribution is 2.29. The number of ether oxygens (including phenoxy) is 3. The Morgan fingerprint density at radius 1 is 0.922 bits per heavy atom. The van der Waals surface area contributed by atoms with Crippen LogP contribution >= 0.6 is 0 Å². The lowest BCUT2D eigenvalue weighted by molar-refractivity contribution is -0.143. The van der Waals surface area contributed by atoms with Crippen molar-refractivity contribution in [3.63, 3.8) is 0 Å². The van der Waals surface area contributed by atoms with Gasteiger partial charge in [0.2, 0.25) is 11.8 Å². The molecule has 2 aromatic rings. The molecule has 3 heterocycles. The summed E-state index contributed by atoms with van der Waals surface area (Å²) in [7, 11) is 0. The summed E-state index contributed by atoms with van der Waals surface area (Å²) in [6, 6.07) is 5.24. The van der Waals surface area contributed by atoms with Gasteiger partial charge in [-0.2, -0.15) is 0 Å². The Bertz CT molecular complexity index is 1620. The van der Waals surface area contributed by atoms with Gasteiger partial charge in [0.1, 0.15) is 23.5 Å². The van der Waals surface area contributed by atoms with Gasteiger partial charge in [0.05, 0.1) is 18.7 Å². The Labute approximate surface area is 297 Å². The van der Waals surface area contributed by atoms with E-state index in [-0.39, 0.29) is 82.1 Å². The topological polar surface area (TPSA) is 177 Å². The molecule has 1 aromatic carbocycles. The molecular formula is C36H48N6O9. The van der Waals surface area contributed by atoms with Crippen molar-refractivity contribution in [1.82, 2.24) is 30.3 Å². The van der Waals surface area contributed by atoms with Gasteiger partial charge in [0.25, 0.3) is 11.8 Å². The number of aromatic nitrogens is 1. The van der Waals surface area contributed by atoms with Gasteiger partial charge >= 0.3 is 12.1 Å². The van der Waals surface area contributed by atoms with E-state index in [0.29, 0.717) is 42.8 Å². The number of hydrogen-bond donors (Lipinski definition) is 2. The summed E-state index contributed by atoms with van der Waals surface area (Å²) in [5, 5.41) is 6.31. The molecule has 51 heavy (non-hydrogen) atoms. The van der Waals surface area contributed by atoms with Crippen LogP contribution in [-0.2, 0) is 28.7 Å². The highest BCUT2D eigenvalue weighted by atomic mass is 16.6. The first-order chi connectivity index (χ1) is 24.6. The molecular weight excluding hydrogens is 660 g/mol. The average molecular weight is 709 g/mol. The minimum Gasteiger partial charge on any atom is -0.483 e. The molecule has 1 aliphatic carbocycles. The summed E-state index contributed by atoms with van der Waals surface area (Å²) in [5.74, 6) is -1.30. The molecule has 15 heteroatoms. The number of esters is 1. The third kappa shape index (κ3) is 9.85. The monoisotopic (exact) mass is 708 g/mol. The zero-order valence-corrected chi connectivity index (χ0v) is 29.6. The molecule has 0 bridgehead atoms. The van der Waals surface area contributed by atoms with Crippen LogP contribution in [-0.4, -0.2) is 127 Å². The summed E-state index contributed by atoms with van der Waals surface area (Å²) < 4.78 is 16.2. The fourth-order valence-electron chi connectivity index (χ4n) is 6.32. The molecule has 2 aliphatic heterocycles. The number of amides is 5. The van der Waals surface area contributed by atoms with Crippen molar-refractivity contribution in [2.45, 2.75) is 71.4 Å². The lowest BCUT2D eigenvalue weighted by atomic mass is 10.1. The molecule has 3 aliphatic rings. The number of piperazine rings is 1. The highest BCUT2D eigenvalue weighted by molar-refractivity contribution is 5.99. The van der Waals surface area contributed by atoms with Crippen LogP contribution in [0.1, 0.15) is 68.4 Å². The van der Waals surface area contributed by atoms with Crippen LogP contribution in [0, 0.1) is 12.8 Å². The summed E-state index contributed by atoms with van der Waals surface area (Å²) in [6.07, 6.45) is 2.95. The second-order valence-corrected chi connectivity index (χ2v) is 13.1. The Balaban J connectivity index is 1.30. The highest BCUT2D eigenvalue weighted by Gasteiger charge is 2.35. The molecule has 1 saturated carbocycles. The number of benzene rings is 1. The van der Waals surface area contributed by atoms with Gasteiger partial charge in [-0.15, -0.1) is 0 Å². The van der Waals surface area contributed by atoms with Crippen molar-refractivity contribution < 1.29 is 43.0 Å². The number of rotatable bonds is 14. The number of likely N-dealkylation sites (tertiary alicyclic amines) is 1. The number of fused-ring (bicyclic) bond motifs is 1. The minimum absolute atomic E-state index is 0.0166. The zero-order valence-electron chi connectivity index (χ0n) is 29.6. The van der Waals surface area contributed by atoms with Gasteiger partial charge in [-0.25, -0.2) is 9.78 Å². The molecule has 5 rings (SSSR count). The second-order valence-electron chi connectivity index (χ2n) is 13.1. The number of aryl methyl sites for hydroxylation is 1. The molecule has 2 saturated heterocycles. The predicted molar refractivity (Wildman–Crippen MR) is 185 cm³/mol. The van der Waals surface area contributed by atoms with Crippen LogP contribution in [0.5, 0.6) is 5.75 Å². The smallest absolute Gasteiger partial charge is 0.409 e. The molecule has 1 aromatic heterocycles. The van der Waals surface area contributed by atoms with Gasteiger partial charge in [-0.05, 0) is 76.5 Å². The molecule has 276 valence electrons. The van der Waals surface area contributed by atoms with E-state index in [1.165, 1.54) is 11.0 Å². The van der Waals surface area contributed by atoms with Crippen LogP contribution < -0.4 is 15.4 Å². The predicted octanol–water partition coefficient (Wildman–Crippen LogP) is 2.18. The summed E-state index contributed by atoms with van der Waals surface area (Å²) >= 11 is 0. The minimum atomic E-state index is -1.09. The van der Waals surface area contributed by atoms with Crippen LogP contribution in [0.25, 0.3) is 10.9 Å². The van der Waals surface area contributed by atoms with Crippen LogP contribution in [0.2, 0.25) is 0 Å². The van der Waals surface area contributed by atoms with Crippen LogP contribution in [0.15, 0.2) is 24.3 Å². The Hall–Kier alpha value is -4.95. The third-order valence-electron chi connectivity index (χ3n) is 9.31. The van der Waals surface area contributed by atoms with Gasteiger partial charge in [-0.3, -0.25) is 24.0 Å². The molecule has 0 radical (unpaired) electrons. The Kier molecular flexibility index (Phi) is 12.7. The SMILES string of the molecule is CCOC(=O)CC[C@H](NC(=O)c1cc(OCC(=O)N2CCC[C@H]2C(=O)NCC2CC2)c2ccc(C)cc2n1)C(=O)N1CCN(C(=O)OCC)CC1. The van der Waals surface area contributed by atoms with Crippen molar-refractivity contribution >= 4 is 46.6 Å². The summed E-state index contributed by atoms with van der Waals surface area (Å²) in [6.45, 7) is 7.40. The van der Waals surface area contributed by atoms with E-state index in [4.69, 9.17) is 14.2 Å². The number of carbonyl (C=O) groups is 6. The molecule has 2 atom stereocenters. The fourth-order valence-corrected chi connectivity index (χ4v) is 6.32. The number of pyridine rings is 1. The molecule has 3 fully saturated rings. The van der Waals surface area contributed by atoms with Gasteiger partial charge in [-0.1, -0.05) is 6.07 Å². The average Bonchev–Trinajstić information content (AvgIpc) is 3.83. The largest absolute Gasteiger partial charge is 0.483 e. The van der Waals surface area contributed by atoms with Crippen molar-refractivity contribution in [3.8, 4) is 5.75 Å². The normalized spacial score (nSPS) is 17.9. The lowest BCUT2D eigenvalue weighted by Crippen LogP contribution is -2.56. The molecule has 0 spiro atoms. The molecule has 0 unspecified atom stereocenters. The van der Waals surface area contributed by atoms with E-state index in [0.717, 1.165) is 18.4 Å². The van der Waals surface area contributed by atoms with Gasteiger partial charge in [0, 0.05) is 57.1 Å². The first-order valence-corrected chi connectivity index (χ1v) is 17.9. The maximum Gasteiger partial charge on any atom is 0.409 e. The Morgan fingerprint density at radius 3 is 2.35 bits per heavy atom. The molecule has 15 nitrogen and oxygen atoms in total. The quantitative estimate of drug-likeness (QED) is 0.277. The third-order valence-corrected chi connectivity index (χ3v) is 9.31. The Morgan fingerprint density at radius 2 is 1.65 bits per heavy atom. The van der Waals surface area contributed by atoms with Crippen LogP contribution in [0.3, 0.4) is 0 Å². The van der Waals surface area contributed by atoms with Crippen molar-refractivity contribution in [3.05, 3.63) is 35.5 Å². The zero-order chi connectivity index (χ0) is 36.5. The first kappa shape index (κ1) is 37.3. The van der Waals surface area contributed by atoms with Crippen molar-refractivity contribution in [2.24, 2.45) is 5.92 Å². The van der Waals surface area contributed by atoms with E-state index in [1.807, 2.05) is 13.0 Å². The summed E-state index contributed by atoms with van der Waals surface area (Å²) in [5.41, 5.74) is 1.29. The van der Waals surface area contributed by atoms with Crippen molar-refractivity contribution in [1.29, 1.82) is 0 Å². The number of carbonyl (C=O) groups excluding carboxylic acids is 6. The summed E-state index contributed by atoms with van der Waals surface area (Å²) in [4.78, 5) is 87.3. The van der Waals surface area contributed by atoms with E-state index < -0.39 is 36.0 Å². The van der Waals surface area contributed by atoms with E-state index in [1.54, 1.807) is 35.8 Å². The number of nitrogens with zero attached hydrogens (tertiary/aromatic N) is 4. The van der Waals surface area contributed by atoms with E-state index >= 15 is 0 Å². The van der Waals surface area contributed by atoms with E-state index in [2.05, 4.69) is 15.6 Å². The lowest BCUT2D eigenvalue weighted by Gasteiger charge is -2.36. The number of nitrogens with one attached hydrogen (secondary N) is 2. The standard InChI is InChI=1S/C36H48N6O9/c1-4-49-32(44)13-12-26(35(47)40-15-17-41(18-16-40)36(48)50-5-2)39-33(45)28-20-30(25-11-8-23(3)19-27(25)38-28)51-22-31(43)42-14-6-7-29(42)34(46)37-21-24-9-10-24/h8,11,19-20,24,26,29H,4-7,9-10,12-18,21-22H2,1-3H3,(H,37,46)(H,39,45)/t26-,29-/m0/s1.